The van der Waals surface area contributed by atoms with Crippen LogP contribution in [0.3, 0.4) is 0 Å². The fraction of sp³-hybridized carbons (Fsp3) is 0.188. The molecule has 0 saturated heterocycles. The minimum atomic E-state index is -3.31. The third-order valence-corrected chi connectivity index (χ3v) is 5.44. The summed E-state index contributed by atoms with van der Waals surface area (Å²) in [4.78, 5) is 12.0. The van der Waals surface area contributed by atoms with Crippen molar-refractivity contribution < 1.29 is 17.6 Å². The first-order chi connectivity index (χ1) is 11.7. The summed E-state index contributed by atoms with van der Waals surface area (Å²) in [5.41, 5.74) is 2.01. The van der Waals surface area contributed by atoms with E-state index in [9.17, 15) is 17.6 Å². The number of benzene rings is 2. The van der Waals surface area contributed by atoms with Gasteiger partial charge in [0.1, 0.15) is 5.82 Å². The van der Waals surface area contributed by atoms with Crippen molar-refractivity contribution >= 4 is 49.0 Å². The van der Waals surface area contributed by atoms with Crippen molar-refractivity contribution in [1.82, 2.24) is 0 Å². The van der Waals surface area contributed by atoms with Crippen molar-refractivity contribution in [1.29, 1.82) is 0 Å². The average Bonchev–Trinajstić information content (AvgIpc) is 2.93. The summed E-state index contributed by atoms with van der Waals surface area (Å²) in [6, 6.07) is 8.72. The summed E-state index contributed by atoms with van der Waals surface area (Å²) in [5, 5.41) is 5.05. The maximum Gasteiger partial charge on any atom is 0.323 e. The van der Waals surface area contributed by atoms with E-state index in [1.807, 2.05) is 0 Å². The van der Waals surface area contributed by atoms with Crippen molar-refractivity contribution in [3.8, 4) is 0 Å². The summed E-state index contributed by atoms with van der Waals surface area (Å²) >= 11 is 3.15. The van der Waals surface area contributed by atoms with Crippen molar-refractivity contribution in [2.24, 2.45) is 0 Å². The van der Waals surface area contributed by atoms with E-state index < -0.39 is 21.9 Å². The zero-order valence-electron chi connectivity index (χ0n) is 13.2. The van der Waals surface area contributed by atoms with E-state index >= 15 is 0 Å². The molecule has 2 aromatic carbocycles. The molecule has 0 bridgehead atoms. The quantitative estimate of drug-likeness (QED) is 0.785. The van der Waals surface area contributed by atoms with E-state index in [1.165, 1.54) is 16.4 Å². The molecule has 0 atom stereocenters. The van der Waals surface area contributed by atoms with Gasteiger partial charge in [-0.25, -0.2) is 17.6 Å². The Morgan fingerprint density at radius 3 is 2.64 bits per heavy atom. The van der Waals surface area contributed by atoms with Gasteiger partial charge < -0.3 is 10.6 Å². The first-order valence-corrected chi connectivity index (χ1v) is 10.0. The number of nitrogens with zero attached hydrogens (tertiary/aromatic N) is 1. The number of nitrogens with one attached hydrogen (secondary N) is 2. The fourth-order valence-corrected chi connectivity index (χ4v) is 3.96. The van der Waals surface area contributed by atoms with Gasteiger partial charge in [0.15, 0.2) is 0 Å². The SMILES string of the molecule is CS(=O)(=O)N1CCc2cc(NC(=O)Nc3ccc(Br)cc3F)ccc21. The Balaban J connectivity index is 1.73. The van der Waals surface area contributed by atoms with Gasteiger partial charge in [-0.05, 0) is 48.4 Å². The zero-order valence-corrected chi connectivity index (χ0v) is 15.6. The second-order valence-corrected chi connectivity index (χ2v) is 8.45. The van der Waals surface area contributed by atoms with Crippen LogP contribution in [-0.4, -0.2) is 27.2 Å². The van der Waals surface area contributed by atoms with Crippen LogP contribution < -0.4 is 14.9 Å². The summed E-state index contributed by atoms with van der Waals surface area (Å²) in [6.45, 7) is 0.383. The normalized spacial score (nSPS) is 13.5. The van der Waals surface area contributed by atoms with Crippen LogP contribution in [0.1, 0.15) is 5.56 Å². The van der Waals surface area contributed by atoms with Gasteiger partial charge in [-0.3, -0.25) is 4.31 Å². The fourth-order valence-electron chi connectivity index (χ4n) is 2.67. The number of anilines is 3. The Morgan fingerprint density at radius 1 is 1.20 bits per heavy atom. The minimum absolute atomic E-state index is 0.0603. The molecule has 2 amide bonds. The Bertz CT molecular complexity index is 950. The lowest BCUT2D eigenvalue weighted by Gasteiger charge is -2.16. The average molecular weight is 428 g/mol. The van der Waals surface area contributed by atoms with E-state index in [1.54, 1.807) is 24.3 Å². The van der Waals surface area contributed by atoms with Crippen LogP contribution in [0.2, 0.25) is 0 Å². The number of sulfonamides is 1. The maximum absolute atomic E-state index is 13.7. The van der Waals surface area contributed by atoms with Crippen LogP contribution in [0.25, 0.3) is 0 Å². The summed E-state index contributed by atoms with van der Waals surface area (Å²) < 4.78 is 39.1. The predicted octanol–water partition coefficient (Wildman–Crippen LogP) is 3.55. The molecule has 0 aliphatic carbocycles. The van der Waals surface area contributed by atoms with Gasteiger partial charge in [0.05, 0.1) is 17.6 Å². The molecule has 0 radical (unpaired) electrons. The number of carbonyl (C=O) groups is 1. The van der Waals surface area contributed by atoms with E-state index in [0.717, 1.165) is 11.8 Å². The van der Waals surface area contributed by atoms with Gasteiger partial charge in [-0.15, -0.1) is 0 Å². The number of fused-ring (bicyclic) bond motifs is 1. The molecule has 1 aliphatic heterocycles. The standard InChI is InChI=1S/C16H15BrFN3O3S/c1-25(23,24)21-7-6-10-8-12(3-5-15(10)21)19-16(22)20-14-4-2-11(17)9-13(14)18/h2-5,8-9H,6-7H2,1H3,(H2,19,20,22). The van der Waals surface area contributed by atoms with Gasteiger partial charge >= 0.3 is 6.03 Å². The predicted molar refractivity (Wildman–Crippen MR) is 99.1 cm³/mol. The van der Waals surface area contributed by atoms with Crippen LogP contribution in [0.4, 0.5) is 26.2 Å². The number of halogens is 2. The second kappa shape index (κ2) is 6.64. The number of urea groups is 1. The van der Waals surface area contributed by atoms with E-state index in [-0.39, 0.29) is 5.69 Å². The highest BCUT2D eigenvalue weighted by atomic mass is 79.9. The Hall–Kier alpha value is -2.13. The Kier molecular flexibility index (Phi) is 4.70. The summed E-state index contributed by atoms with van der Waals surface area (Å²) in [5.74, 6) is -0.553. The first kappa shape index (κ1) is 17.7. The molecule has 0 fully saturated rings. The Morgan fingerprint density at radius 2 is 1.96 bits per heavy atom. The highest BCUT2D eigenvalue weighted by molar-refractivity contribution is 9.10. The number of hydrogen-bond donors (Lipinski definition) is 2. The lowest BCUT2D eigenvalue weighted by molar-refractivity contribution is 0.262. The largest absolute Gasteiger partial charge is 0.323 e. The molecule has 0 unspecified atom stereocenters. The van der Waals surface area contributed by atoms with E-state index in [2.05, 4.69) is 26.6 Å². The molecule has 0 saturated carbocycles. The lowest BCUT2D eigenvalue weighted by atomic mass is 10.1. The molecule has 1 aliphatic rings. The molecule has 132 valence electrons. The van der Waals surface area contributed by atoms with E-state index in [0.29, 0.717) is 28.8 Å². The van der Waals surface area contributed by atoms with Crippen LogP contribution in [0, 0.1) is 5.82 Å². The molecular weight excluding hydrogens is 413 g/mol. The highest BCUT2D eigenvalue weighted by Gasteiger charge is 2.26. The van der Waals surface area contributed by atoms with Gasteiger partial charge in [0.25, 0.3) is 0 Å². The minimum Gasteiger partial charge on any atom is -0.308 e. The molecule has 0 aromatic heterocycles. The van der Waals surface area contributed by atoms with Crippen molar-refractivity contribution in [2.45, 2.75) is 6.42 Å². The molecule has 0 spiro atoms. The number of hydrogen-bond acceptors (Lipinski definition) is 3. The molecule has 25 heavy (non-hydrogen) atoms. The highest BCUT2D eigenvalue weighted by Crippen LogP contribution is 2.32. The van der Waals surface area contributed by atoms with Gasteiger partial charge in [0, 0.05) is 16.7 Å². The van der Waals surface area contributed by atoms with Crippen molar-refractivity contribution in [2.75, 3.05) is 27.7 Å². The van der Waals surface area contributed by atoms with Gasteiger partial charge in [-0.1, -0.05) is 15.9 Å². The van der Waals surface area contributed by atoms with E-state index in [4.69, 9.17) is 0 Å². The molecular formula is C16H15BrFN3O3S. The van der Waals surface area contributed by atoms with Crippen LogP contribution in [0.5, 0.6) is 0 Å². The molecule has 2 N–H and O–H groups in total. The number of amides is 2. The number of rotatable bonds is 3. The van der Waals surface area contributed by atoms with Crippen LogP contribution in [-0.2, 0) is 16.4 Å². The molecule has 6 nitrogen and oxygen atoms in total. The Labute approximate surface area is 153 Å². The van der Waals surface area contributed by atoms with Crippen LogP contribution in [0.15, 0.2) is 40.9 Å². The number of carbonyl (C=O) groups excluding carboxylic acids is 1. The molecule has 3 rings (SSSR count). The molecule has 1 heterocycles. The smallest absolute Gasteiger partial charge is 0.308 e. The van der Waals surface area contributed by atoms with Gasteiger partial charge in [0.2, 0.25) is 10.0 Å². The second-order valence-electron chi connectivity index (χ2n) is 5.63. The lowest BCUT2D eigenvalue weighted by Crippen LogP contribution is -2.27. The van der Waals surface area contributed by atoms with Crippen molar-refractivity contribution in [3.05, 3.63) is 52.3 Å². The first-order valence-electron chi connectivity index (χ1n) is 7.38. The topological polar surface area (TPSA) is 78.5 Å². The third kappa shape index (κ3) is 3.93. The zero-order chi connectivity index (χ0) is 18.2. The monoisotopic (exact) mass is 427 g/mol. The van der Waals surface area contributed by atoms with Gasteiger partial charge in [-0.2, -0.15) is 0 Å². The summed E-state index contributed by atoms with van der Waals surface area (Å²) in [7, 11) is -3.31. The van der Waals surface area contributed by atoms with Crippen molar-refractivity contribution in [3.63, 3.8) is 0 Å². The van der Waals surface area contributed by atoms with Crippen LogP contribution >= 0.6 is 15.9 Å². The maximum atomic E-state index is 13.7. The molecule has 9 heteroatoms. The third-order valence-electron chi connectivity index (χ3n) is 3.77. The molecule has 2 aromatic rings. The summed E-state index contributed by atoms with van der Waals surface area (Å²) in [6.07, 6.45) is 1.73.